The third-order valence-electron chi connectivity index (χ3n) is 3.77. The lowest BCUT2D eigenvalue weighted by Gasteiger charge is -2.10. The fourth-order valence-corrected chi connectivity index (χ4v) is 2.57. The van der Waals surface area contributed by atoms with Crippen LogP contribution in [0.15, 0.2) is 42.6 Å². The fraction of sp³-hybridized carbons (Fsp3) is 0.222. The molecule has 0 saturated heterocycles. The fourth-order valence-electron chi connectivity index (χ4n) is 2.51. The van der Waals surface area contributed by atoms with Gasteiger partial charge in [-0.05, 0) is 38.0 Å². The summed E-state index contributed by atoms with van der Waals surface area (Å²) in [6.45, 7) is 5.68. The van der Waals surface area contributed by atoms with E-state index in [0.29, 0.717) is 5.82 Å². The molecule has 0 aliphatic heterocycles. The van der Waals surface area contributed by atoms with Gasteiger partial charge in [-0.3, -0.25) is 9.20 Å². The third-order valence-corrected chi connectivity index (χ3v) is 3.97. The van der Waals surface area contributed by atoms with Gasteiger partial charge in [-0.15, -0.1) is 11.6 Å². The number of halogens is 1. The lowest BCUT2D eigenvalue weighted by Crippen LogP contribution is -2.21. The van der Waals surface area contributed by atoms with E-state index >= 15 is 0 Å². The van der Waals surface area contributed by atoms with Gasteiger partial charge < -0.3 is 5.32 Å². The number of carbonyl (C=O) groups excluding carboxylic acids is 1. The Bertz CT molecular complexity index is 883. The van der Waals surface area contributed by atoms with E-state index in [1.54, 1.807) is 6.92 Å². The molecule has 0 radical (unpaired) electrons. The van der Waals surface area contributed by atoms with E-state index in [1.807, 2.05) is 60.8 Å². The molecular formula is C18H18ClN3O. The van der Waals surface area contributed by atoms with E-state index in [1.165, 1.54) is 0 Å². The summed E-state index contributed by atoms with van der Waals surface area (Å²) in [5, 5.41) is 2.30. The number of pyridine rings is 1. The predicted molar refractivity (Wildman–Crippen MR) is 94.0 cm³/mol. The number of alkyl halides is 1. The molecule has 3 aromatic rings. The first-order chi connectivity index (χ1) is 11.0. The van der Waals surface area contributed by atoms with Gasteiger partial charge in [0.1, 0.15) is 22.5 Å². The molecule has 1 aromatic carbocycles. The largest absolute Gasteiger partial charge is 0.309 e. The van der Waals surface area contributed by atoms with Crippen molar-refractivity contribution in [2.45, 2.75) is 26.1 Å². The number of carbonyl (C=O) groups is 1. The average molecular weight is 328 g/mol. The first-order valence-corrected chi connectivity index (χ1v) is 7.90. The van der Waals surface area contributed by atoms with Crippen LogP contribution in [0, 0.1) is 13.8 Å². The summed E-state index contributed by atoms with van der Waals surface area (Å²) in [6.07, 6.45) is 1.96. The summed E-state index contributed by atoms with van der Waals surface area (Å²) in [5.41, 5.74) is 4.71. The zero-order valence-corrected chi connectivity index (χ0v) is 14.1. The van der Waals surface area contributed by atoms with Crippen LogP contribution in [0.25, 0.3) is 16.9 Å². The monoisotopic (exact) mass is 327 g/mol. The van der Waals surface area contributed by atoms with Gasteiger partial charge in [-0.25, -0.2) is 4.98 Å². The number of anilines is 1. The highest BCUT2D eigenvalue weighted by atomic mass is 35.5. The molecule has 2 heterocycles. The molecule has 5 heteroatoms. The van der Waals surface area contributed by atoms with Crippen LogP contribution in [-0.4, -0.2) is 20.7 Å². The van der Waals surface area contributed by atoms with Crippen molar-refractivity contribution in [1.82, 2.24) is 9.38 Å². The minimum absolute atomic E-state index is 0.246. The Labute approximate surface area is 140 Å². The average Bonchev–Trinajstić information content (AvgIpc) is 2.85. The first-order valence-electron chi connectivity index (χ1n) is 7.47. The summed E-state index contributed by atoms with van der Waals surface area (Å²) in [5.74, 6) is 0.403. The predicted octanol–water partition coefficient (Wildman–Crippen LogP) is 4.18. The SMILES string of the molecule is Cc1ccc2nc(-c3ccccc3C)c(NC(=O)C(C)Cl)n2c1. The Kier molecular flexibility index (Phi) is 4.09. The quantitative estimate of drug-likeness (QED) is 0.733. The Morgan fingerprint density at radius 2 is 1.96 bits per heavy atom. The Balaban J connectivity index is 2.24. The van der Waals surface area contributed by atoms with Crippen LogP contribution in [0.5, 0.6) is 0 Å². The second kappa shape index (κ2) is 6.05. The van der Waals surface area contributed by atoms with Crippen LogP contribution >= 0.6 is 11.6 Å². The van der Waals surface area contributed by atoms with Crippen molar-refractivity contribution < 1.29 is 4.79 Å². The van der Waals surface area contributed by atoms with Crippen LogP contribution in [0.3, 0.4) is 0 Å². The first kappa shape index (κ1) is 15.6. The van der Waals surface area contributed by atoms with E-state index in [0.717, 1.165) is 28.0 Å². The summed E-state index contributed by atoms with van der Waals surface area (Å²) < 4.78 is 1.90. The van der Waals surface area contributed by atoms with Crippen LogP contribution in [0.1, 0.15) is 18.1 Å². The highest BCUT2D eigenvalue weighted by molar-refractivity contribution is 6.32. The minimum Gasteiger partial charge on any atom is -0.309 e. The van der Waals surface area contributed by atoms with Crippen LogP contribution in [0.4, 0.5) is 5.82 Å². The zero-order valence-electron chi connectivity index (χ0n) is 13.3. The van der Waals surface area contributed by atoms with Gasteiger partial charge in [-0.2, -0.15) is 0 Å². The van der Waals surface area contributed by atoms with E-state index in [9.17, 15) is 4.79 Å². The number of fused-ring (bicyclic) bond motifs is 1. The van der Waals surface area contributed by atoms with Crippen molar-refractivity contribution in [1.29, 1.82) is 0 Å². The molecule has 1 unspecified atom stereocenters. The van der Waals surface area contributed by atoms with Gasteiger partial charge in [0.15, 0.2) is 0 Å². The van der Waals surface area contributed by atoms with Gasteiger partial charge in [0, 0.05) is 11.8 Å². The molecule has 0 bridgehead atoms. The molecule has 2 aromatic heterocycles. The standard InChI is InChI=1S/C18H18ClN3O/c1-11-8-9-15-20-16(14-7-5-4-6-12(14)2)17(22(15)10-11)21-18(23)13(3)19/h4-10,13H,1-3H3,(H,21,23). The normalized spacial score (nSPS) is 12.3. The van der Waals surface area contributed by atoms with E-state index in [4.69, 9.17) is 16.6 Å². The van der Waals surface area contributed by atoms with Crippen molar-refractivity contribution in [3.05, 3.63) is 53.7 Å². The molecular weight excluding hydrogens is 310 g/mol. The molecule has 1 N–H and O–H groups in total. The van der Waals surface area contributed by atoms with E-state index in [-0.39, 0.29) is 5.91 Å². The number of aryl methyl sites for hydroxylation is 2. The van der Waals surface area contributed by atoms with Crippen molar-refractivity contribution >= 4 is 29.0 Å². The maximum absolute atomic E-state index is 12.1. The van der Waals surface area contributed by atoms with Crippen LogP contribution < -0.4 is 5.32 Å². The van der Waals surface area contributed by atoms with Crippen molar-refractivity contribution in [2.75, 3.05) is 5.32 Å². The van der Waals surface area contributed by atoms with Gasteiger partial charge in [-0.1, -0.05) is 30.3 Å². The molecule has 0 fully saturated rings. The number of hydrogen-bond donors (Lipinski definition) is 1. The topological polar surface area (TPSA) is 46.4 Å². The van der Waals surface area contributed by atoms with Gasteiger partial charge in [0.2, 0.25) is 5.91 Å². The minimum atomic E-state index is -0.616. The number of amides is 1. The van der Waals surface area contributed by atoms with Crippen LogP contribution in [0.2, 0.25) is 0 Å². The molecule has 0 saturated carbocycles. The molecule has 0 aliphatic carbocycles. The number of aromatic nitrogens is 2. The number of rotatable bonds is 3. The zero-order chi connectivity index (χ0) is 16.6. The maximum atomic E-state index is 12.1. The molecule has 3 rings (SSSR count). The molecule has 118 valence electrons. The van der Waals surface area contributed by atoms with Crippen molar-refractivity contribution in [3.63, 3.8) is 0 Å². The number of hydrogen-bond acceptors (Lipinski definition) is 2. The summed E-state index contributed by atoms with van der Waals surface area (Å²) in [6, 6.07) is 11.9. The van der Waals surface area contributed by atoms with Crippen LogP contribution in [-0.2, 0) is 4.79 Å². The second-order valence-corrected chi connectivity index (χ2v) is 6.32. The third kappa shape index (κ3) is 2.94. The lowest BCUT2D eigenvalue weighted by atomic mass is 10.1. The van der Waals surface area contributed by atoms with Gasteiger partial charge in [0.05, 0.1) is 0 Å². The smallest absolute Gasteiger partial charge is 0.243 e. The van der Waals surface area contributed by atoms with Crippen molar-refractivity contribution in [2.24, 2.45) is 0 Å². The molecule has 1 atom stereocenters. The van der Waals surface area contributed by atoms with Crippen molar-refractivity contribution in [3.8, 4) is 11.3 Å². The van der Waals surface area contributed by atoms with Gasteiger partial charge >= 0.3 is 0 Å². The number of imidazole rings is 1. The highest BCUT2D eigenvalue weighted by Crippen LogP contribution is 2.31. The summed E-state index contributed by atoms with van der Waals surface area (Å²) in [4.78, 5) is 16.8. The maximum Gasteiger partial charge on any atom is 0.243 e. The Morgan fingerprint density at radius 1 is 1.22 bits per heavy atom. The molecule has 0 aliphatic rings. The summed E-state index contributed by atoms with van der Waals surface area (Å²) >= 11 is 5.92. The molecule has 4 nitrogen and oxygen atoms in total. The highest BCUT2D eigenvalue weighted by Gasteiger charge is 2.19. The number of benzene rings is 1. The lowest BCUT2D eigenvalue weighted by molar-refractivity contribution is -0.115. The number of nitrogens with one attached hydrogen (secondary N) is 1. The van der Waals surface area contributed by atoms with E-state index < -0.39 is 5.38 Å². The van der Waals surface area contributed by atoms with Gasteiger partial charge in [0.25, 0.3) is 0 Å². The van der Waals surface area contributed by atoms with E-state index in [2.05, 4.69) is 5.32 Å². The summed E-state index contributed by atoms with van der Waals surface area (Å²) in [7, 11) is 0. The Hall–Kier alpha value is -2.33. The molecule has 1 amide bonds. The number of nitrogens with zero attached hydrogens (tertiary/aromatic N) is 2. The Morgan fingerprint density at radius 3 is 2.65 bits per heavy atom. The molecule has 23 heavy (non-hydrogen) atoms. The second-order valence-electron chi connectivity index (χ2n) is 5.66. The molecule has 0 spiro atoms.